The van der Waals surface area contributed by atoms with Gasteiger partial charge in [-0.1, -0.05) is 206 Å². The third-order valence-electron chi connectivity index (χ3n) is 11.9. The summed E-state index contributed by atoms with van der Waals surface area (Å²) in [4.78, 5) is 2.47. The molecule has 10 aromatic carbocycles. The fourth-order valence-corrected chi connectivity index (χ4v) is 10.2. The summed E-state index contributed by atoms with van der Waals surface area (Å²) in [7, 11) is 0. The van der Waals surface area contributed by atoms with Crippen molar-refractivity contribution in [2.24, 2.45) is 0 Å². The van der Waals surface area contributed by atoms with Crippen LogP contribution in [0, 0.1) is 0 Å². The smallest absolute Gasteiger partial charge is 0.0540 e. The molecule has 292 valence electrons. The van der Waals surface area contributed by atoms with Crippen molar-refractivity contribution < 1.29 is 0 Å². The zero-order valence-corrected chi connectivity index (χ0v) is 34.8. The molecular weight excluding hydrogens is 767 g/mol. The molecule has 0 saturated carbocycles. The highest BCUT2D eigenvalue weighted by molar-refractivity contribution is 7.26. The van der Waals surface area contributed by atoms with Crippen LogP contribution in [0.15, 0.2) is 249 Å². The Morgan fingerprint density at radius 1 is 0.258 bits per heavy atom. The predicted molar refractivity (Wildman–Crippen MR) is 267 cm³/mol. The Bertz CT molecular complexity index is 3290. The van der Waals surface area contributed by atoms with Crippen LogP contribution in [0.2, 0.25) is 0 Å². The molecule has 0 aliphatic heterocycles. The van der Waals surface area contributed by atoms with Crippen molar-refractivity contribution in [3.63, 3.8) is 0 Å². The molecule has 0 N–H and O–H groups in total. The van der Waals surface area contributed by atoms with E-state index in [9.17, 15) is 0 Å². The summed E-state index contributed by atoms with van der Waals surface area (Å²) in [6, 6.07) is 90.5. The zero-order chi connectivity index (χ0) is 41.2. The van der Waals surface area contributed by atoms with E-state index in [1.807, 2.05) is 11.3 Å². The minimum Gasteiger partial charge on any atom is -0.310 e. The number of anilines is 3. The van der Waals surface area contributed by atoms with E-state index in [1.165, 1.54) is 70.2 Å². The van der Waals surface area contributed by atoms with Crippen molar-refractivity contribution in [1.82, 2.24) is 0 Å². The van der Waals surface area contributed by atoms with Crippen LogP contribution in [0.5, 0.6) is 0 Å². The second-order valence-electron chi connectivity index (χ2n) is 15.6. The lowest BCUT2D eigenvalue weighted by atomic mass is 9.88. The maximum Gasteiger partial charge on any atom is 0.0540 e. The minimum atomic E-state index is 1.08. The molecule has 0 amide bonds. The molecule has 0 spiro atoms. The molecule has 11 rings (SSSR count). The van der Waals surface area contributed by atoms with E-state index in [0.717, 1.165) is 33.8 Å². The topological polar surface area (TPSA) is 3.24 Å². The molecule has 11 aromatic rings. The van der Waals surface area contributed by atoms with Gasteiger partial charge in [-0.15, -0.1) is 11.3 Å². The summed E-state index contributed by atoms with van der Waals surface area (Å²) in [6.07, 6.45) is 0. The summed E-state index contributed by atoms with van der Waals surface area (Å²) < 4.78 is 2.61. The first-order chi connectivity index (χ1) is 30.8. The fourth-order valence-electron chi connectivity index (χ4n) is 8.99. The summed E-state index contributed by atoms with van der Waals surface area (Å²) in [5.74, 6) is 0. The standard InChI is InChI=1S/C60H41NS/c1-4-20-42(21-5-1)46-38-47(43-22-6-2-7-23-43)41-49(40-46)61(48-27-18-26-45(39-48)51-34-19-35-57-56-33-15-17-37-59(56)62-60(51)57)58-36-16-14-32-55(58)54-31-13-12-30-53(54)52-29-11-10-28-50(52)44-24-8-3-9-25-44/h1-41H. The molecule has 0 atom stereocenters. The van der Waals surface area contributed by atoms with Gasteiger partial charge in [-0.3, -0.25) is 0 Å². The SMILES string of the molecule is c1ccc(-c2cc(-c3ccccc3)cc(N(c3cccc(-c4cccc5c4sc4ccccc45)c3)c3ccccc3-c3ccccc3-c3ccccc3-c3ccccc3)c2)cc1. The Morgan fingerprint density at radius 2 is 0.710 bits per heavy atom. The van der Waals surface area contributed by atoms with E-state index in [4.69, 9.17) is 0 Å². The van der Waals surface area contributed by atoms with E-state index >= 15 is 0 Å². The molecule has 0 radical (unpaired) electrons. The lowest BCUT2D eigenvalue weighted by Crippen LogP contribution is -2.12. The molecule has 0 unspecified atom stereocenters. The number of hydrogen-bond acceptors (Lipinski definition) is 2. The van der Waals surface area contributed by atoms with Gasteiger partial charge >= 0.3 is 0 Å². The normalized spacial score (nSPS) is 11.2. The van der Waals surface area contributed by atoms with Gasteiger partial charge in [0.2, 0.25) is 0 Å². The summed E-state index contributed by atoms with van der Waals surface area (Å²) in [5, 5.41) is 2.60. The van der Waals surface area contributed by atoms with Gasteiger partial charge in [-0.2, -0.15) is 0 Å². The van der Waals surface area contributed by atoms with Gasteiger partial charge in [0.05, 0.1) is 5.69 Å². The Labute approximate surface area is 367 Å². The molecule has 1 heterocycles. The van der Waals surface area contributed by atoms with Gasteiger partial charge in [-0.25, -0.2) is 0 Å². The number of hydrogen-bond donors (Lipinski definition) is 0. The van der Waals surface area contributed by atoms with Crippen LogP contribution in [0.1, 0.15) is 0 Å². The molecule has 2 heteroatoms. The van der Waals surface area contributed by atoms with E-state index in [1.54, 1.807) is 0 Å². The number of rotatable bonds is 9. The first kappa shape index (κ1) is 37.2. The van der Waals surface area contributed by atoms with E-state index in [2.05, 4.69) is 254 Å². The van der Waals surface area contributed by atoms with Crippen molar-refractivity contribution in [2.75, 3.05) is 4.90 Å². The van der Waals surface area contributed by atoms with Crippen molar-refractivity contribution in [3.8, 4) is 66.8 Å². The van der Waals surface area contributed by atoms with Crippen molar-refractivity contribution in [1.29, 1.82) is 0 Å². The first-order valence-corrected chi connectivity index (χ1v) is 22.0. The lowest BCUT2D eigenvalue weighted by molar-refractivity contribution is 1.28. The van der Waals surface area contributed by atoms with Crippen molar-refractivity contribution >= 4 is 48.6 Å². The van der Waals surface area contributed by atoms with E-state index in [0.29, 0.717) is 0 Å². The average molecular weight is 808 g/mol. The second kappa shape index (κ2) is 16.3. The molecule has 62 heavy (non-hydrogen) atoms. The fraction of sp³-hybridized carbons (Fsp3) is 0. The van der Waals surface area contributed by atoms with Gasteiger partial charge in [0.15, 0.2) is 0 Å². The minimum absolute atomic E-state index is 1.08. The number of fused-ring (bicyclic) bond motifs is 3. The van der Waals surface area contributed by atoms with Crippen LogP contribution in [0.25, 0.3) is 86.9 Å². The zero-order valence-electron chi connectivity index (χ0n) is 34.0. The lowest BCUT2D eigenvalue weighted by Gasteiger charge is -2.30. The Kier molecular flexibility index (Phi) is 9.82. The van der Waals surface area contributed by atoms with Crippen molar-refractivity contribution in [2.45, 2.75) is 0 Å². The monoisotopic (exact) mass is 807 g/mol. The van der Waals surface area contributed by atoms with E-state index < -0.39 is 0 Å². The predicted octanol–water partition coefficient (Wildman–Crippen LogP) is 17.5. The maximum atomic E-state index is 2.47. The quantitative estimate of drug-likeness (QED) is 0.140. The number of benzene rings is 10. The van der Waals surface area contributed by atoms with Gasteiger partial charge in [0.1, 0.15) is 0 Å². The van der Waals surface area contributed by atoms with Gasteiger partial charge < -0.3 is 4.90 Å². The molecule has 0 saturated heterocycles. The average Bonchev–Trinajstić information content (AvgIpc) is 3.74. The number of para-hydroxylation sites is 1. The molecule has 1 aromatic heterocycles. The van der Waals surface area contributed by atoms with Gasteiger partial charge in [-0.05, 0) is 104 Å². The highest BCUT2D eigenvalue weighted by atomic mass is 32.1. The second-order valence-corrected chi connectivity index (χ2v) is 16.7. The van der Waals surface area contributed by atoms with Crippen LogP contribution in [0.3, 0.4) is 0 Å². The van der Waals surface area contributed by atoms with Crippen LogP contribution < -0.4 is 4.90 Å². The van der Waals surface area contributed by atoms with Crippen molar-refractivity contribution in [3.05, 3.63) is 249 Å². The Balaban J connectivity index is 1.16. The highest BCUT2D eigenvalue weighted by Crippen LogP contribution is 2.48. The number of thiophene rings is 1. The molecular formula is C60H41NS. The Morgan fingerprint density at radius 3 is 1.39 bits per heavy atom. The molecule has 1 nitrogen and oxygen atoms in total. The van der Waals surface area contributed by atoms with Crippen LogP contribution in [-0.2, 0) is 0 Å². The van der Waals surface area contributed by atoms with Crippen LogP contribution in [0.4, 0.5) is 17.1 Å². The molecule has 0 aliphatic carbocycles. The summed E-state index contributed by atoms with van der Waals surface area (Å²) in [6.45, 7) is 0. The van der Waals surface area contributed by atoms with Gasteiger partial charge in [0, 0.05) is 37.1 Å². The van der Waals surface area contributed by atoms with Crippen LogP contribution >= 0.6 is 11.3 Å². The Hall–Kier alpha value is -7.78. The third kappa shape index (κ3) is 6.97. The number of nitrogens with zero attached hydrogens (tertiary/aromatic N) is 1. The van der Waals surface area contributed by atoms with E-state index in [-0.39, 0.29) is 0 Å². The molecule has 0 aliphatic rings. The third-order valence-corrected chi connectivity index (χ3v) is 13.1. The van der Waals surface area contributed by atoms with Gasteiger partial charge in [0.25, 0.3) is 0 Å². The first-order valence-electron chi connectivity index (χ1n) is 21.2. The maximum absolute atomic E-state index is 2.47. The molecule has 0 bridgehead atoms. The highest BCUT2D eigenvalue weighted by Gasteiger charge is 2.22. The summed E-state index contributed by atoms with van der Waals surface area (Å²) in [5.41, 5.74) is 17.5. The molecule has 0 fully saturated rings. The largest absolute Gasteiger partial charge is 0.310 e. The summed E-state index contributed by atoms with van der Waals surface area (Å²) >= 11 is 1.87. The van der Waals surface area contributed by atoms with Crippen LogP contribution in [-0.4, -0.2) is 0 Å².